The molecule has 0 amide bonds. The molecule has 0 spiro atoms. The van der Waals surface area contributed by atoms with Crippen LogP contribution in [0.1, 0.15) is 75.7 Å². The van der Waals surface area contributed by atoms with Gasteiger partial charge in [0.05, 0.1) is 11.9 Å². The van der Waals surface area contributed by atoms with E-state index in [9.17, 15) is 14.4 Å². The SMILES string of the molecule is C=C/C(=C(\C=C)c1noc(=O)[nH]1)c1ccc(Cn2c(=O)n(CCC(/C=C\C)=C/C)c(=O)c3cc(C(C)C)sc32)cc1.CC. The van der Waals surface area contributed by atoms with E-state index < -0.39 is 5.76 Å². The second-order valence-corrected chi connectivity index (χ2v) is 10.9. The summed E-state index contributed by atoms with van der Waals surface area (Å²) in [6.07, 6.45) is 9.76. The van der Waals surface area contributed by atoms with Crippen molar-refractivity contribution in [2.24, 2.45) is 0 Å². The number of nitrogens with one attached hydrogen (secondary N) is 1. The highest BCUT2D eigenvalue weighted by atomic mass is 32.1. The van der Waals surface area contributed by atoms with Gasteiger partial charge in [-0.2, -0.15) is 0 Å². The van der Waals surface area contributed by atoms with Crippen LogP contribution in [0.2, 0.25) is 0 Å². The quantitative estimate of drug-likeness (QED) is 0.182. The van der Waals surface area contributed by atoms with Crippen molar-refractivity contribution in [3.8, 4) is 0 Å². The number of fused-ring (bicyclic) bond motifs is 1. The third-order valence-electron chi connectivity index (χ3n) is 6.86. The lowest BCUT2D eigenvalue weighted by atomic mass is 9.98. The highest BCUT2D eigenvalue weighted by Gasteiger charge is 2.18. The lowest BCUT2D eigenvalue weighted by molar-refractivity contribution is 0.385. The van der Waals surface area contributed by atoms with Crippen molar-refractivity contribution in [3.05, 3.63) is 133 Å². The van der Waals surface area contributed by atoms with E-state index in [0.717, 1.165) is 21.6 Å². The van der Waals surface area contributed by atoms with E-state index in [-0.39, 0.29) is 23.0 Å². The number of aromatic amines is 1. The second kappa shape index (κ2) is 15.1. The van der Waals surface area contributed by atoms with E-state index in [4.69, 9.17) is 0 Å². The summed E-state index contributed by atoms with van der Waals surface area (Å²) < 4.78 is 7.71. The molecule has 0 radical (unpaired) electrons. The Hall–Kier alpha value is -4.50. The molecule has 8 nitrogen and oxygen atoms in total. The molecule has 4 rings (SSSR count). The van der Waals surface area contributed by atoms with Crippen molar-refractivity contribution in [3.63, 3.8) is 0 Å². The fourth-order valence-corrected chi connectivity index (χ4v) is 5.80. The van der Waals surface area contributed by atoms with Crippen LogP contribution in [0.4, 0.5) is 0 Å². The summed E-state index contributed by atoms with van der Waals surface area (Å²) >= 11 is 1.49. The van der Waals surface area contributed by atoms with Crippen LogP contribution in [0.5, 0.6) is 0 Å². The van der Waals surface area contributed by atoms with Crippen LogP contribution in [-0.2, 0) is 13.1 Å². The first-order chi connectivity index (χ1) is 20.7. The van der Waals surface area contributed by atoms with E-state index in [1.165, 1.54) is 15.9 Å². The topological polar surface area (TPSA) is 103 Å². The van der Waals surface area contributed by atoms with Crippen molar-refractivity contribution >= 4 is 32.7 Å². The van der Waals surface area contributed by atoms with Gasteiger partial charge in [-0.3, -0.25) is 23.4 Å². The first-order valence-electron chi connectivity index (χ1n) is 14.4. The standard InChI is InChI=1S/C32H34N4O4S.C2H6/c1-7-11-21(8-2)16-17-35-29(37)26-18-27(20(5)6)41-30(26)36(32(35)39)19-22-12-14-23(15-13-22)24(9-3)25(10-4)28-33-31(38)40-34-28;1-2/h7-15,18,20H,3-4,16-17,19H2,1-2,5-6H3,(H,33,34,38);1-2H3/b11-7-,21-8+,25-24-;. The molecule has 4 aromatic rings. The largest absolute Gasteiger partial charge is 0.439 e. The predicted octanol–water partition coefficient (Wildman–Crippen LogP) is 7.29. The molecule has 0 atom stereocenters. The van der Waals surface area contributed by atoms with Gasteiger partial charge in [-0.05, 0) is 49.0 Å². The summed E-state index contributed by atoms with van der Waals surface area (Å²) in [5.41, 5.74) is 3.49. The van der Waals surface area contributed by atoms with Gasteiger partial charge in [0, 0.05) is 17.0 Å². The number of nitrogens with zero attached hydrogens (tertiary/aromatic N) is 3. The molecule has 0 bridgehead atoms. The van der Waals surface area contributed by atoms with Gasteiger partial charge in [0.15, 0.2) is 5.82 Å². The van der Waals surface area contributed by atoms with Crippen LogP contribution in [0.3, 0.4) is 0 Å². The summed E-state index contributed by atoms with van der Waals surface area (Å²) in [7, 11) is 0. The Bertz CT molecular complexity index is 1850. The lowest BCUT2D eigenvalue weighted by Gasteiger charge is -2.13. The van der Waals surface area contributed by atoms with Gasteiger partial charge in [-0.1, -0.05) is 106 Å². The molecule has 0 aliphatic rings. The number of rotatable bonds is 11. The molecule has 0 unspecified atom stereocenters. The normalized spacial score (nSPS) is 12.4. The molecule has 0 aliphatic carbocycles. The third-order valence-corrected chi connectivity index (χ3v) is 8.32. The van der Waals surface area contributed by atoms with Crippen LogP contribution in [-0.4, -0.2) is 19.3 Å². The molecule has 1 N–H and O–H groups in total. The fourth-order valence-electron chi connectivity index (χ4n) is 4.65. The average Bonchev–Trinajstić information content (AvgIpc) is 3.66. The zero-order valence-corrected chi connectivity index (χ0v) is 26.6. The van der Waals surface area contributed by atoms with Crippen molar-refractivity contribution in [2.75, 3.05) is 0 Å². The maximum Gasteiger partial charge on any atom is 0.439 e. The molecular formula is C34H40N4O4S. The summed E-state index contributed by atoms with van der Waals surface area (Å²) in [6, 6.07) is 9.61. The van der Waals surface area contributed by atoms with Crippen LogP contribution >= 0.6 is 11.3 Å². The van der Waals surface area contributed by atoms with Crippen molar-refractivity contribution in [2.45, 2.75) is 67.0 Å². The highest BCUT2D eigenvalue weighted by Crippen LogP contribution is 2.29. The summed E-state index contributed by atoms with van der Waals surface area (Å²) in [4.78, 5) is 43.0. The molecule has 226 valence electrons. The maximum atomic E-state index is 13.8. The molecule has 9 heteroatoms. The van der Waals surface area contributed by atoms with Crippen molar-refractivity contribution in [1.29, 1.82) is 0 Å². The number of hydrogen-bond acceptors (Lipinski definition) is 6. The molecule has 0 saturated carbocycles. The van der Waals surface area contributed by atoms with Crippen LogP contribution in [0.15, 0.2) is 98.3 Å². The van der Waals surface area contributed by atoms with E-state index in [1.54, 1.807) is 16.7 Å². The average molecular weight is 601 g/mol. The first-order valence-corrected chi connectivity index (χ1v) is 15.2. The first kappa shape index (κ1) is 33.0. The van der Waals surface area contributed by atoms with Crippen LogP contribution in [0, 0.1) is 0 Å². The summed E-state index contributed by atoms with van der Waals surface area (Å²) in [6.45, 7) is 20.4. The van der Waals surface area contributed by atoms with E-state index in [2.05, 4.69) is 41.7 Å². The van der Waals surface area contributed by atoms with Gasteiger partial charge in [-0.15, -0.1) is 11.3 Å². The van der Waals surface area contributed by atoms with E-state index >= 15 is 0 Å². The molecule has 0 saturated heterocycles. The number of H-pyrrole nitrogens is 1. The zero-order valence-electron chi connectivity index (χ0n) is 25.8. The Kier molecular flexibility index (Phi) is 11.6. The monoisotopic (exact) mass is 600 g/mol. The highest BCUT2D eigenvalue weighted by molar-refractivity contribution is 7.18. The Morgan fingerprint density at radius 1 is 1.05 bits per heavy atom. The minimum absolute atomic E-state index is 0.232. The molecule has 1 aromatic carbocycles. The van der Waals surface area contributed by atoms with Crippen molar-refractivity contribution in [1.82, 2.24) is 19.3 Å². The summed E-state index contributed by atoms with van der Waals surface area (Å²) in [5, 5.41) is 4.34. The number of hydrogen-bond donors (Lipinski definition) is 1. The third kappa shape index (κ3) is 7.29. The van der Waals surface area contributed by atoms with Gasteiger partial charge >= 0.3 is 11.4 Å². The second-order valence-electron chi connectivity index (χ2n) is 9.84. The zero-order chi connectivity index (χ0) is 31.7. The molecule has 43 heavy (non-hydrogen) atoms. The van der Waals surface area contributed by atoms with Gasteiger partial charge in [0.1, 0.15) is 4.83 Å². The van der Waals surface area contributed by atoms with Gasteiger partial charge < -0.3 is 0 Å². The maximum absolute atomic E-state index is 13.8. The number of benzene rings is 1. The van der Waals surface area contributed by atoms with Gasteiger partial charge in [-0.25, -0.2) is 9.59 Å². The Morgan fingerprint density at radius 3 is 2.26 bits per heavy atom. The predicted molar refractivity (Wildman–Crippen MR) is 179 cm³/mol. The van der Waals surface area contributed by atoms with Crippen LogP contribution < -0.4 is 17.0 Å². The van der Waals surface area contributed by atoms with E-state index in [1.807, 2.05) is 76.3 Å². The van der Waals surface area contributed by atoms with Gasteiger partial charge in [0.2, 0.25) is 0 Å². The Labute approximate surface area is 255 Å². The minimum atomic E-state index is -0.658. The van der Waals surface area contributed by atoms with Crippen molar-refractivity contribution < 1.29 is 4.52 Å². The lowest BCUT2D eigenvalue weighted by Crippen LogP contribution is -2.39. The number of allylic oxidation sites excluding steroid dienone is 8. The smallest absolute Gasteiger partial charge is 0.296 e. The molecular weight excluding hydrogens is 560 g/mol. The Balaban J connectivity index is 0.00000248. The summed E-state index contributed by atoms with van der Waals surface area (Å²) in [5.74, 6) is -0.168. The number of thiophene rings is 1. The fraction of sp³-hybridized carbons (Fsp3) is 0.294. The minimum Gasteiger partial charge on any atom is -0.296 e. The molecule has 0 aliphatic heterocycles. The van der Waals surface area contributed by atoms with E-state index in [0.29, 0.717) is 40.9 Å². The molecule has 0 fully saturated rings. The molecule has 3 aromatic heterocycles. The molecule has 3 heterocycles. The Morgan fingerprint density at radius 2 is 1.72 bits per heavy atom. The number of aromatic nitrogens is 4. The van der Waals surface area contributed by atoms with Gasteiger partial charge in [0.25, 0.3) is 5.56 Å². The van der Waals surface area contributed by atoms with Crippen LogP contribution in [0.25, 0.3) is 21.4 Å².